The van der Waals surface area contributed by atoms with Gasteiger partial charge in [-0.05, 0) is 27.2 Å². The molecule has 0 saturated carbocycles. The van der Waals surface area contributed by atoms with Crippen molar-refractivity contribution in [3.63, 3.8) is 0 Å². The van der Waals surface area contributed by atoms with E-state index in [0.717, 1.165) is 23.6 Å². The Balaban J connectivity index is 2.74. The van der Waals surface area contributed by atoms with Gasteiger partial charge in [-0.25, -0.2) is 4.98 Å². The van der Waals surface area contributed by atoms with Crippen molar-refractivity contribution < 1.29 is 0 Å². The number of aryl methyl sites for hydroxylation is 2. The third-order valence-electron chi connectivity index (χ3n) is 1.98. The van der Waals surface area contributed by atoms with Gasteiger partial charge >= 0.3 is 0 Å². The first-order valence-electron chi connectivity index (χ1n) is 4.81. The molecule has 0 aliphatic carbocycles. The Morgan fingerprint density at radius 2 is 2.29 bits per heavy atom. The molecule has 0 radical (unpaired) electrons. The summed E-state index contributed by atoms with van der Waals surface area (Å²) in [4.78, 5) is 8.63. The maximum Gasteiger partial charge on any atom is 0.147 e. The highest BCUT2D eigenvalue weighted by molar-refractivity contribution is 5.40. The summed E-state index contributed by atoms with van der Waals surface area (Å²) in [5, 5.41) is 3.31. The lowest BCUT2D eigenvalue weighted by Gasteiger charge is -2.14. The predicted molar refractivity (Wildman–Crippen MR) is 59.4 cm³/mol. The molecule has 76 valence electrons. The zero-order chi connectivity index (χ0) is 10.6. The van der Waals surface area contributed by atoms with Crippen molar-refractivity contribution in [1.82, 2.24) is 9.97 Å². The van der Waals surface area contributed by atoms with E-state index in [9.17, 15) is 0 Å². The van der Waals surface area contributed by atoms with Crippen LogP contribution in [0.15, 0.2) is 18.9 Å². The van der Waals surface area contributed by atoms with Crippen molar-refractivity contribution >= 4 is 5.82 Å². The smallest absolute Gasteiger partial charge is 0.147 e. The van der Waals surface area contributed by atoms with Crippen LogP contribution in [0.25, 0.3) is 0 Å². The summed E-state index contributed by atoms with van der Waals surface area (Å²) in [6.45, 7) is 9.70. The number of aromatic nitrogens is 2. The zero-order valence-electron chi connectivity index (χ0n) is 9.04. The fraction of sp³-hybridized carbons (Fsp3) is 0.455. The molecule has 0 aromatic carbocycles. The van der Waals surface area contributed by atoms with Crippen LogP contribution in [-0.4, -0.2) is 16.0 Å². The average Bonchev–Trinajstić information content (AvgIpc) is 2.12. The maximum atomic E-state index is 4.39. The number of anilines is 1. The van der Waals surface area contributed by atoms with Crippen LogP contribution in [0.2, 0.25) is 0 Å². The molecule has 1 unspecified atom stereocenters. The summed E-state index contributed by atoms with van der Waals surface area (Å²) in [5.74, 6) is 0.874. The Kier molecular flexibility index (Phi) is 3.63. The lowest BCUT2D eigenvalue weighted by molar-refractivity contribution is 0.801. The van der Waals surface area contributed by atoms with Crippen LogP contribution in [0, 0.1) is 13.8 Å². The van der Waals surface area contributed by atoms with Gasteiger partial charge in [-0.3, -0.25) is 4.98 Å². The summed E-state index contributed by atoms with van der Waals surface area (Å²) in [6.07, 6.45) is 4.60. The molecule has 0 aliphatic rings. The van der Waals surface area contributed by atoms with Crippen molar-refractivity contribution in [3.05, 3.63) is 30.2 Å². The van der Waals surface area contributed by atoms with E-state index in [4.69, 9.17) is 0 Å². The molecule has 0 aliphatic heterocycles. The molecular formula is C11H17N3. The van der Waals surface area contributed by atoms with Gasteiger partial charge in [0.15, 0.2) is 0 Å². The Morgan fingerprint density at radius 1 is 1.57 bits per heavy atom. The van der Waals surface area contributed by atoms with E-state index >= 15 is 0 Å². The largest absolute Gasteiger partial charge is 0.366 e. The molecular weight excluding hydrogens is 174 g/mol. The third-order valence-corrected chi connectivity index (χ3v) is 1.98. The van der Waals surface area contributed by atoms with Crippen molar-refractivity contribution in [2.75, 3.05) is 5.32 Å². The van der Waals surface area contributed by atoms with Gasteiger partial charge in [0.05, 0.1) is 11.4 Å². The zero-order valence-corrected chi connectivity index (χ0v) is 9.04. The van der Waals surface area contributed by atoms with E-state index in [1.165, 1.54) is 0 Å². The minimum atomic E-state index is 0.349. The highest BCUT2D eigenvalue weighted by Crippen LogP contribution is 2.11. The molecule has 0 fully saturated rings. The van der Waals surface area contributed by atoms with Gasteiger partial charge in [0.25, 0.3) is 0 Å². The second-order valence-electron chi connectivity index (χ2n) is 3.52. The van der Waals surface area contributed by atoms with E-state index in [-0.39, 0.29) is 0 Å². The van der Waals surface area contributed by atoms with Crippen LogP contribution in [0.1, 0.15) is 24.7 Å². The Morgan fingerprint density at radius 3 is 2.93 bits per heavy atom. The van der Waals surface area contributed by atoms with E-state index in [1.54, 1.807) is 6.20 Å². The standard InChI is InChI=1S/C11H17N3/c1-5-6-8(2)13-11-10(4)12-7-9(3)14-11/h5,7-8H,1,6H2,2-4H3,(H,13,14). The van der Waals surface area contributed by atoms with Crippen molar-refractivity contribution in [3.8, 4) is 0 Å². The van der Waals surface area contributed by atoms with Gasteiger partial charge in [0, 0.05) is 12.2 Å². The monoisotopic (exact) mass is 191 g/mol. The van der Waals surface area contributed by atoms with Crippen molar-refractivity contribution in [2.24, 2.45) is 0 Å². The first-order chi connectivity index (χ1) is 6.63. The minimum absolute atomic E-state index is 0.349. The van der Waals surface area contributed by atoms with E-state index in [2.05, 4.69) is 28.8 Å². The molecule has 0 amide bonds. The van der Waals surface area contributed by atoms with Crippen molar-refractivity contribution in [1.29, 1.82) is 0 Å². The minimum Gasteiger partial charge on any atom is -0.366 e. The number of nitrogens with zero attached hydrogens (tertiary/aromatic N) is 2. The molecule has 3 heteroatoms. The molecule has 1 N–H and O–H groups in total. The van der Waals surface area contributed by atoms with E-state index in [1.807, 2.05) is 19.9 Å². The molecule has 1 heterocycles. The topological polar surface area (TPSA) is 37.8 Å². The maximum absolute atomic E-state index is 4.39. The van der Waals surface area contributed by atoms with E-state index < -0.39 is 0 Å². The Hall–Kier alpha value is -1.38. The molecule has 14 heavy (non-hydrogen) atoms. The summed E-state index contributed by atoms with van der Waals surface area (Å²) in [5.41, 5.74) is 1.87. The van der Waals surface area contributed by atoms with Gasteiger partial charge in [-0.2, -0.15) is 0 Å². The Bertz CT molecular complexity index is 320. The fourth-order valence-electron chi connectivity index (χ4n) is 1.22. The van der Waals surface area contributed by atoms with Crippen LogP contribution in [-0.2, 0) is 0 Å². The van der Waals surface area contributed by atoms with Crippen LogP contribution in [0.5, 0.6) is 0 Å². The van der Waals surface area contributed by atoms with Crippen molar-refractivity contribution in [2.45, 2.75) is 33.2 Å². The normalized spacial score (nSPS) is 12.2. The van der Waals surface area contributed by atoms with Crippen LogP contribution in [0.4, 0.5) is 5.82 Å². The number of hydrogen-bond donors (Lipinski definition) is 1. The van der Waals surface area contributed by atoms with Gasteiger partial charge in [0.1, 0.15) is 5.82 Å². The summed E-state index contributed by atoms with van der Waals surface area (Å²) in [6, 6.07) is 0.349. The van der Waals surface area contributed by atoms with Crippen LogP contribution >= 0.6 is 0 Å². The first kappa shape index (κ1) is 10.7. The molecule has 1 atom stereocenters. The second-order valence-corrected chi connectivity index (χ2v) is 3.52. The summed E-state index contributed by atoms with van der Waals surface area (Å²) >= 11 is 0. The lowest BCUT2D eigenvalue weighted by atomic mass is 10.2. The molecule has 0 bridgehead atoms. The average molecular weight is 191 g/mol. The fourth-order valence-corrected chi connectivity index (χ4v) is 1.22. The second kappa shape index (κ2) is 4.74. The van der Waals surface area contributed by atoms with Gasteiger partial charge in [0.2, 0.25) is 0 Å². The molecule has 1 rings (SSSR count). The molecule has 0 spiro atoms. The number of nitrogens with one attached hydrogen (secondary N) is 1. The Labute approximate surface area is 85.3 Å². The van der Waals surface area contributed by atoms with Crippen LogP contribution in [0.3, 0.4) is 0 Å². The third kappa shape index (κ3) is 2.83. The molecule has 1 aromatic rings. The quantitative estimate of drug-likeness (QED) is 0.743. The first-order valence-corrected chi connectivity index (χ1v) is 4.81. The molecule has 0 saturated heterocycles. The molecule has 3 nitrogen and oxygen atoms in total. The van der Waals surface area contributed by atoms with Gasteiger partial charge in [-0.1, -0.05) is 6.08 Å². The number of rotatable bonds is 4. The SMILES string of the molecule is C=CCC(C)Nc1nc(C)cnc1C. The highest BCUT2D eigenvalue weighted by Gasteiger charge is 2.04. The summed E-state index contributed by atoms with van der Waals surface area (Å²) < 4.78 is 0. The molecule has 1 aromatic heterocycles. The van der Waals surface area contributed by atoms with Gasteiger partial charge < -0.3 is 5.32 Å². The van der Waals surface area contributed by atoms with Crippen LogP contribution < -0.4 is 5.32 Å². The summed E-state index contributed by atoms with van der Waals surface area (Å²) in [7, 11) is 0. The predicted octanol–water partition coefficient (Wildman–Crippen LogP) is 2.47. The van der Waals surface area contributed by atoms with Gasteiger partial charge in [-0.15, -0.1) is 6.58 Å². The number of hydrogen-bond acceptors (Lipinski definition) is 3. The van der Waals surface area contributed by atoms with E-state index in [0.29, 0.717) is 6.04 Å². The lowest BCUT2D eigenvalue weighted by Crippen LogP contribution is -2.16. The highest BCUT2D eigenvalue weighted by atomic mass is 15.0.